The number of anilines is 1. The Labute approximate surface area is 87.9 Å². The Hall–Kier alpha value is -0.220. The monoisotopic (exact) mass is 216 g/mol. The molecular formula is C9H16N2S2. The molecule has 2 nitrogen and oxygen atoms in total. The Balaban J connectivity index is 2.49. The van der Waals surface area contributed by atoms with Crippen molar-refractivity contribution in [3.05, 3.63) is 5.69 Å². The van der Waals surface area contributed by atoms with Crippen LogP contribution in [-0.4, -0.2) is 10.7 Å². The van der Waals surface area contributed by atoms with Crippen molar-refractivity contribution in [2.45, 2.75) is 31.4 Å². The molecule has 0 spiro atoms. The molecule has 0 amide bonds. The molecule has 1 aromatic rings. The standard InChI is InChI=1S/C9H16N2S2/c1-4-6(2)5-12-8-7(3)11-9(10)13-8/h6H,4-5H2,1-3H3,(H2,10,11). The highest BCUT2D eigenvalue weighted by molar-refractivity contribution is 8.01. The van der Waals surface area contributed by atoms with Crippen LogP contribution in [0, 0.1) is 12.8 Å². The van der Waals surface area contributed by atoms with Gasteiger partial charge in [0.25, 0.3) is 0 Å². The number of nitrogens with zero attached hydrogens (tertiary/aromatic N) is 1. The van der Waals surface area contributed by atoms with Crippen LogP contribution in [0.4, 0.5) is 5.13 Å². The van der Waals surface area contributed by atoms with Crippen LogP contribution < -0.4 is 5.73 Å². The van der Waals surface area contributed by atoms with E-state index < -0.39 is 0 Å². The quantitative estimate of drug-likeness (QED) is 0.786. The molecule has 74 valence electrons. The van der Waals surface area contributed by atoms with Gasteiger partial charge in [0, 0.05) is 5.75 Å². The molecule has 0 radical (unpaired) electrons. The third-order valence-electron chi connectivity index (χ3n) is 1.97. The SMILES string of the molecule is CCC(C)CSc1sc(N)nc1C. The fourth-order valence-corrected chi connectivity index (χ4v) is 3.06. The lowest BCUT2D eigenvalue weighted by Crippen LogP contribution is -1.94. The van der Waals surface area contributed by atoms with Crippen molar-refractivity contribution in [1.29, 1.82) is 0 Å². The fourth-order valence-electron chi connectivity index (χ4n) is 0.872. The summed E-state index contributed by atoms with van der Waals surface area (Å²) in [5.74, 6) is 1.94. The van der Waals surface area contributed by atoms with Gasteiger partial charge in [-0.15, -0.1) is 11.8 Å². The number of hydrogen-bond acceptors (Lipinski definition) is 4. The van der Waals surface area contributed by atoms with Crippen molar-refractivity contribution in [2.75, 3.05) is 11.5 Å². The highest BCUT2D eigenvalue weighted by atomic mass is 32.2. The summed E-state index contributed by atoms with van der Waals surface area (Å²) in [6.07, 6.45) is 1.24. The van der Waals surface area contributed by atoms with Crippen LogP contribution in [-0.2, 0) is 0 Å². The average molecular weight is 216 g/mol. The zero-order valence-corrected chi connectivity index (χ0v) is 9.97. The number of nitrogens with two attached hydrogens (primary N) is 1. The summed E-state index contributed by atoms with van der Waals surface area (Å²) >= 11 is 3.47. The lowest BCUT2D eigenvalue weighted by atomic mass is 10.2. The molecule has 0 aromatic carbocycles. The lowest BCUT2D eigenvalue weighted by Gasteiger charge is -2.05. The number of aryl methyl sites for hydroxylation is 1. The first-order valence-electron chi connectivity index (χ1n) is 4.49. The average Bonchev–Trinajstić information content (AvgIpc) is 2.41. The molecule has 1 unspecified atom stereocenters. The van der Waals surface area contributed by atoms with Crippen LogP contribution in [0.15, 0.2) is 4.21 Å². The van der Waals surface area contributed by atoms with E-state index in [0.717, 1.165) is 11.6 Å². The van der Waals surface area contributed by atoms with Crippen molar-refractivity contribution in [1.82, 2.24) is 4.98 Å². The third-order valence-corrected chi connectivity index (χ3v) is 4.64. The lowest BCUT2D eigenvalue weighted by molar-refractivity contribution is 0.637. The maximum absolute atomic E-state index is 5.61. The predicted molar refractivity (Wildman–Crippen MR) is 61.4 cm³/mol. The van der Waals surface area contributed by atoms with Gasteiger partial charge >= 0.3 is 0 Å². The summed E-state index contributed by atoms with van der Waals surface area (Å²) in [7, 11) is 0. The molecule has 0 aliphatic rings. The molecule has 1 atom stereocenters. The van der Waals surface area contributed by atoms with E-state index in [9.17, 15) is 0 Å². The highest BCUT2D eigenvalue weighted by Crippen LogP contribution is 2.31. The van der Waals surface area contributed by atoms with E-state index in [-0.39, 0.29) is 0 Å². The van der Waals surface area contributed by atoms with E-state index in [0.29, 0.717) is 5.13 Å². The normalized spacial score (nSPS) is 13.2. The molecule has 0 aliphatic carbocycles. The van der Waals surface area contributed by atoms with Crippen LogP contribution in [0.1, 0.15) is 26.0 Å². The topological polar surface area (TPSA) is 38.9 Å². The summed E-state index contributed by atoms with van der Waals surface area (Å²) in [5, 5.41) is 0.684. The maximum Gasteiger partial charge on any atom is 0.181 e. The summed E-state index contributed by atoms with van der Waals surface area (Å²) in [6, 6.07) is 0. The van der Waals surface area contributed by atoms with Gasteiger partial charge in [0.05, 0.1) is 9.90 Å². The molecular weight excluding hydrogens is 200 g/mol. The Bertz CT molecular complexity index is 271. The number of thiazole rings is 1. The molecule has 13 heavy (non-hydrogen) atoms. The summed E-state index contributed by atoms with van der Waals surface area (Å²) in [4.78, 5) is 4.19. The van der Waals surface area contributed by atoms with Crippen molar-refractivity contribution < 1.29 is 0 Å². The zero-order chi connectivity index (χ0) is 9.84. The number of thioether (sulfide) groups is 1. The molecule has 4 heteroatoms. The second-order valence-electron chi connectivity index (χ2n) is 3.25. The molecule has 0 aliphatic heterocycles. The molecule has 0 bridgehead atoms. The van der Waals surface area contributed by atoms with Crippen LogP contribution in [0.25, 0.3) is 0 Å². The second kappa shape index (κ2) is 4.86. The van der Waals surface area contributed by atoms with E-state index >= 15 is 0 Å². The van der Waals surface area contributed by atoms with Gasteiger partial charge in [0.2, 0.25) is 0 Å². The van der Waals surface area contributed by atoms with Gasteiger partial charge in [0.1, 0.15) is 0 Å². The minimum Gasteiger partial charge on any atom is -0.375 e. The van der Waals surface area contributed by atoms with Crippen LogP contribution in [0.5, 0.6) is 0 Å². The Morgan fingerprint density at radius 2 is 2.31 bits per heavy atom. The van der Waals surface area contributed by atoms with Gasteiger partial charge in [-0.3, -0.25) is 0 Å². The fraction of sp³-hybridized carbons (Fsp3) is 0.667. The Morgan fingerprint density at radius 1 is 1.62 bits per heavy atom. The summed E-state index contributed by atoms with van der Waals surface area (Å²) in [6.45, 7) is 6.51. The molecule has 1 heterocycles. The highest BCUT2D eigenvalue weighted by Gasteiger charge is 2.07. The number of hydrogen-bond donors (Lipinski definition) is 1. The third kappa shape index (κ3) is 3.19. The molecule has 1 rings (SSSR count). The Morgan fingerprint density at radius 3 is 2.77 bits per heavy atom. The maximum atomic E-state index is 5.61. The van der Waals surface area contributed by atoms with E-state index in [1.807, 2.05) is 18.7 Å². The predicted octanol–water partition coefficient (Wildman–Crippen LogP) is 3.17. The van der Waals surface area contributed by atoms with E-state index in [2.05, 4.69) is 18.8 Å². The molecule has 0 saturated carbocycles. The van der Waals surface area contributed by atoms with Gasteiger partial charge in [0.15, 0.2) is 5.13 Å². The van der Waals surface area contributed by atoms with Crippen molar-refractivity contribution in [3.63, 3.8) is 0 Å². The van der Waals surface area contributed by atoms with Crippen LogP contribution in [0.3, 0.4) is 0 Å². The molecule has 0 saturated heterocycles. The van der Waals surface area contributed by atoms with Gasteiger partial charge < -0.3 is 5.73 Å². The first-order valence-corrected chi connectivity index (χ1v) is 6.29. The van der Waals surface area contributed by atoms with Crippen molar-refractivity contribution in [3.8, 4) is 0 Å². The minimum absolute atomic E-state index is 0.684. The molecule has 1 aromatic heterocycles. The van der Waals surface area contributed by atoms with Gasteiger partial charge in [-0.25, -0.2) is 4.98 Å². The largest absolute Gasteiger partial charge is 0.375 e. The van der Waals surface area contributed by atoms with E-state index in [4.69, 9.17) is 5.73 Å². The zero-order valence-electron chi connectivity index (χ0n) is 8.33. The van der Waals surface area contributed by atoms with E-state index in [1.165, 1.54) is 16.4 Å². The molecule has 0 fully saturated rings. The summed E-state index contributed by atoms with van der Waals surface area (Å²) < 4.78 is 1.28. The van der Waals surface area contributed by atoms with Crippen LogP contribution >= 0.6 is 23.1 Å². The van der Waals surface area contributed by atoms with Gasteiger partial charge in [-0.1, -0.05) is 31.6 Å². The van der Waals surface area contributed by atoms with Crippen molar-refractivity contribution >= 4 is 28.2 Å². The second-order valence-corrected chi connectivity index (χ2v) is 5.57. The summed E-state index contributed by atoms with van der Waals surface area (Å²) in [5.41, 5.74) is 6.69. The van der Waals surface area contributed by atoms with Gasteiger partial charge in [-0.05, 0) is 12.8 Å². The van der Waals surface area contributed by atoms with Gasteiger partial charge in [-0.2, -0.15) is 0 Å². The number of rotatable bonds is 4. The first kappa shape index (κ1) is 10.9. The number of nitrogen functional groups attached to an aromatic ring is 1. The van der Waals surface area contributed by atoms with Crippen molar-refractivity contribution in [2.24, 2.45) is 5.92 Å². The molecule has 2 N–H and O–H groups in total. The van der Waals surface area contributed by atoms with Crippen LogP contribution in [0.2, 0.25) is 0 Å². The minimum atomic E-state index is 0.684. The first-order chi connectivity index (χ1) is 6.13. The smallest absolute Gasteiger partial charge is 0.181 e. The van der Waals surface area contributed by atoms with E-state index in [1.54, 1.807) is 11.3 Å². The number of aromatic nitrogens is 1. The Kier molecular flexibility index (Phi) is 4.06.